The molecule has 0 saturated heterocycles. The Morgan fingerprint density at radius 1 is 1.37 bits per heavy atom. The Morgan fingerprint density at radius 2 is 2.05 bits per heavy atom. The zero-order chi connectivity index (χ0) is 14.4. The first kappa shape index (κ1) is 15.4. The van der Waals surface area contributed by atoms with E-state index >= 15 is 0 Å². The minimum atomic E-state index is -0.403. The summed E-state index contributed by atoms with van der Waals surface area (Å²) in [5.41, 5.74) is 0.822. The number of nitro benzene ring substituents is 1. The van der Waals surface area contributed by atoms with E-state index in [-0.39, 0.29) is 5.69 Å². The van der Waals surface area contributed by atoms with Crippen LogP contribution in [0.5, 0.6) is 5.75 Å². The molecule has 1 atom stereocenters. The predicted octanol–water partition coefficient (Wildman–Crippen LogP) is 2.92. The van der Waals surface area contributed by atoms with E-state index in [1.807, 2.05) is 13.0 Å². The Balaban J connectivity index is 2.64. The molecule has 0 heterocycles. The number of hydrogen-bond donors (Lipinski definition) is 1. The molecule has 1 aromatic rings. The number of ether oxygens (including phenoxy) is 1. The highest BCUT2D eigenvalue weighted by atomic mass is 16.6. The molecule has 1 aromatic carbocycles. The summed E-state index contributed by atoms with van der Waals surface area (Å²) < 4.78 is 5.64. The largest absolute Gasteiger partial charge is 0.486 e. The SMILES string of the molecule is Cc1cccc([N+](=O)[O-])c1OCC(C)CNC(C)C. The summed E-state index contributed by atoms with van der Waals surface area (Å²) in [5, 5.41) is 14.3. The highest BCUT2D eigenvalue weighted by molar-refractivity contribution is 5.51. The van der Waals surface area contributed by atoms with Gasteiger partial charge in [-0.15, -0.1) is 0 Å². The fourth-order valence-corrected chi connectivity index (χ4v) is 1.69. The number of benzene rings is 1. The third-order valence-electron chi connectivity index (χ3n) is 2.77. The molecule has 1 N–H and O–H groups in total. The summed E-state index contributed by atoms with van der Waals surface area (Å²) in [6, 6.07) is 5.39. The maximum Gasteiger partial charge on any atom is 0.311 e. The standard InChI is InChI=1S/C14H22N2O3/c1-10(2)15-8-11(3)9-19-14-12(4)6-5-7-13(14)16(17)18/h5-7,10-11,15H,8-9H2,1-4H3. The topological polar surface area (TPSA) is 64.4 Å². The second-order valence-electron chi connectivity index (χ2n) is 5.16. The van der Waals surface area contributed by atoms with Gasteiger partial charge in [-0.05, 0) is 12.5 Å². The molecule has 1 unspecified atom stereocenters. The number of para-hydroxylation sites is 1. The number of aryl methyl sites for hydroxylation is 1. The van der Waals surface area contributed by atoms with Crippen molar-refractivity contribution in [2.45, 2.75) is 33.7 Å². The molecule has 0 aliphatic carbocycles. The lowest BCUT2D eigenvalue weighted by Gasteiger charge is -2.16. The molecule has 5 heteroatoms. The smallest absolute Gasteiger partial charge is 0.311 e. The third-order valence-corrected chi connectivity index (χ3v) is 2.77. The van der Waals surface area contributed by atoms with E-state index in [0.29, 0.717) is 24.3 Å². The molecule has 0 aliphatic rings. The van der Waals surface area contributed by atoms with Crippen LogP contribution in [0.2, 0.25) is 0 Å². The Kier molecular flexibility index (Phi) is 5.76. The first-order valence-corrected chi connectivity index (χ1v) is 6.52. The van der Waals surface area contributed by atoms with Crippen molar-refractivity contribution in [2.24, 2.45) is 5.92 Å². The highest BCUT2D eigenvalue weighted by Gasteiger charge is 2.17. The minimum absolute atomic E-state index is 0.0315. The molecular formula is C14H22N2O3. The first-order chi connectivity index (χ1) is 8.91. The van der Waals surface area contributed by atoms with Gasteiger partial charge in [0.15, 0.2) is 5.75 Å². The monoisotopic (exact) mass is 266 g/mol. The summed E-state index contributed by atoms with van der Waals surface area (Å²) >= 11 is 0. The van der Waals surface area contributed by atoms with Gasteiger partial charge in [0.2, 0.25) is 0 Å². The van der Waals surface area contributed by atoms with Crippen LogP contribution in [0.25, 0.3) is 0 Å². The zero-order valence-corrected chi connectivity index (χ0v) is 12.0. The van der Waals surface area contributed by atoms with Gasteiger partial charge in [-0.2, -0.15) is 0 Å². The number of nitrogens with one attached hydrogen (secondary N) is 1. The van der Waals surface area contributed by atoms with Gasteiger partial charge in [-0.25, -0.2) is 0 Å². The normalized spacial score (nSPS) is 12.5. The van der Waals surface area contributed by atoms with Crippen LogP contribution in [-0.4, -0.2) is 24.1 Å². The van der Waals surface area contributed by atoms with Crippen molar-refractivity contribution in [2.75, 3.05) is 13.2 Å². The maximum atomic E-state index is 10.9. The zero-order valence-electron chi connectivity index (χ0n) is 12.0. The summed E-state index contributed by atoms with van der Waals surface area (Å²) in [6.07, 6.45) is 0. The summed E-state index contributed by atoms with van der Waals surface area (Å²) in [4.78, 5) is 10.5. The second kappa shape index (κ2) is 7.09. The average molecular weight is 266 g/mol. The maximum absolute atomic E-state index is 10.9. The van der Waals surface area contributed by atoms with Crippen molar-refractivity contribution < 1.29 is 9.66 Å². The Morgan fingerprint density at radius 3 is 2.63 bits per heavy atom. The van der Waals surface area contributed by atoms with E-state index in [0.717, 1.165) is 12.1 Å². The van der Waals surface area contributed by atoms with Gasteiger partial charge in [-0.3, -0.25) is 10.1 Å². The second-order valence-corrected chi connectivity index (χ2v) is 5.16. The van der Waals surface area contributed by atoms with Crippen LogP contribution in [0.1, 0.15) is 26.3 Å². The molecule has 0 amide bonds. The van der Waals surface area contributed by atoms with Gasteiger partial charge in [0.1, 0.15) is 0 Å². The molecule has 0 bridgehead atoms. The molecule has 106 valence electrons. The van der Waals surface area contributed by atoms with Crippen LogP contribution in [-0.2, 0) is 0 Å². The van der Waals surface area contributed by atoms with E-state index in [2.05, 4.69) is 26.1 Å². The molecule has 19 heavy (non-hydrogen) atoms. The molecule has 1 rings (SSSR count). The average Bonchev–Trinajstić information content (AvgIpc) is 2.34. The Hall–Kier alpha value is -1.62. The fourth-order valence-electron chi connectivity index (χ4n) is 1.69. The van der Waals surface area contributed by atoms with E-state index in [1.165, 1.54) is 6.07 Å². The van der Waals surface area contributed by atoms with E-state index < -0.39 is 4.92 Å². The molecule has 0 saturated carbocycles. The van der Waals surface area contributed by atoms with Crippen LogP contribution in [0.15, 0.2) is 18.2 Å². The van der Waals surface area contributed by atoms with Crippen molar-refractivity contribution in [3.8, 4) is 5.75 Å². The van der Waals surface area contributed by atoms with Gasteiger partial charge in [0.05, 0.1) is 11.5 Å². The van der Waals surface area contributed by atoms with E-state index in [1.54, 1.807) is 6.07 Å². The number of nitro groups is 1. The van der Waals surface area contributed by atoms with Crippen LogP contribution < -0.4 is 10.1 Å². The Bertz CT molecular complexity index is 433. The first-order valence-electron chi connectivity index (χ1n) is 6.52. The van der Waals surface area contributed by atoms with Crippen molar-refractivity contribution in [1.29, 1.82) is 0 Å². The van der Waals surface area contributed by atoms with Crippen molar-refractivity contribution in [3.63, 3.8) is 0 Å². The van der Waals surface area contributed by atoms with Crippen LogP contribution >= 0.6 is 0 Å². The molecule has 0 aromatic heterocycles. The summed E-state index contributed by atoms with van der Waals surface area (Å²) in [5.74, 6) is 0.672. The van der Waals surface area contributed by atoms with Gasteiger partial charge in [0, 0.05) is 24.6 Å². The van der Waals surface area contributed by atoms with Crippen LogP contribution in [0.4, 0.5) is 5.69 Å². The molecule has 0 radical (unpaired) electrons. The highest BCUT2D eigenvalue weighted by Crippen LogP contribution is 2.30. The lowest BCUT2D eigenvalue weighted by molar-refractivity contribution is -0.386. The molecule has 0 aliphatic heterocycles. The number of nitrogens with zero attached hydrogens (tertiary/aromatic N) is 1. The van der Waals surface area contributed by atoms with Gasteiger partial charge in [0.25, 0.3) is 0 Å². The predicted molar refractivity (Wildman–Crippen MR) is 75.6 cm³/mol. The van der Waals surface area contributed by atoms with Crippen molar-refractivity contribution >= 4 is 5.69 Å². The molecule has 0 spiro atoms. The van der Waals surface area contributed by atoms with E-state index in [4.69, 9.17) is 4.74 Å². The van der Waals surface area contributed by atoms with Gasteiger partial charge in [-0.1, -0.05) is 32.9 Å². The summed E-state index contributed by atoms with van der Waals surface area (Å²) in [7, 11) is 0. The van der Waals surface area contributed by atoms with Gasteiger partial charge < -0.3 is 10.1 Å². The minimum Gasteiger partial charge on any atom is -0.486 e. The van der Waals surface area contributed by atoms with E-state index in [9.17, 15) is 10.1 Å². The van der Waals surface area contributed by atoms with Gasteiger partial charge >= 0.3 is 5.69 Å². The van der Waals surface area contributed by atoms with Crippen LogP contribution in [0, 0.1) is 23.0 Å². The summed E-state index contributed by atoms with van der Waals surface area (Å²) in [6.45, 7) is 9.33. The molecule has 0 fully saturated rings. The van der Waals surface area contributed by atoms with Crippen molar-refractivity contribution in [3.05, 3.63) is 33.9 Å². The van der Waals surface area contributed by atoms with Crippen molar-refractivity contribution in [1.82, 2.24) is 5.32 Å². The fraction of sp³-hybridized carbons (Fsp3) is 0.571. The Labute approximate surface area is 114 Å². The lowest BCUT2D eigenvalue weighted by atomic mass is 10.1. The number of rotatable bonds is 7. The lowest BCUT2D eigenvalue weighted by Crippen LogP contribution is -2.30. The molecular weight excluding hydrogens is 244 g/mol. The van der Waals surface area contributed by atoms with Crippen LogP contribution in [0.3, 0.4) is 0 Å². The quantitative estimate of drug-likeness (QED) is 0.608. The number of hydrogen-bond acceptors (Lipinski definition) is 4. The third kappa shape index (κ3) is 4.87. The molecule has 5 nitrogen and oxygen atoms in total.